The number of aryl methyl sites for hydroxylation is 1. The van der Waals surface area contributed by atoms with Gasteiger partial charge in [0.15, 0.2) is 10.9 Å². The molecule has 0 saturated carbocycles. The van der Waals surface area contributed by atoms with Crippen molar-refractivity contribution < 1.29 is 15.0 Å². The summed E-state index contributed by atoms with van der Waals surface area (Å²) in [5.41, 5.74) is 0.183. The fourth-order valence-corrected chi connectivity index (χ4v) is 2.15. The Labute approximate surface area is 107 Å². The number of thioether (sulfide) groups is 1. The topological polar surface area (TPSA) is 88.2 Å². The highest BCUT2D eigenvalue weighted by atomic mass is 32.2. The molecule has 0 radical (unpaired) electrons. The van der Waals surface area contributed by atoms with Gasteiger partial charge in [-0.2, -0.15) is 5.10 Å². The van der Waals surface area contributed by atoms with Crippen molar-refractivity contribution in [1.82, 2.24) is 14.8 Å². The molecule has 1 aromatic carbocycles. The standard InChI is InChI=1S/C11H11N3O3S/c1-14-11(12-6-13-14)18-5-10(17)8-3-2-7(15)4-9(8)16/h2-4,6,15-16H,5H2,1H3. The van der Waals surface area contributed by atoms with Gasteiger partial charge < -0.3 is 10.2 Å². The van der Waals surface area contributed by atoms with Gasteiger partial charge in [-0.15, -0.1) is 0 Å². The van der Waals surface area contributed by atoms with E-state index in [1.54, 1.807) is 11.7 Å². The molecule has 0 aliphatic carbocycles. The summed E-state index contributed by atoms with van der Waals surface area (Å²) in [7, 11) is 1.73. The number of rotatable bonds is 4. The van der Waals surface area contributed by atoms with Gasteiger partial charge in [0.1, 0.15) is 17.8 Å². The Hall–Kier alpha value is -2.02. The molecule has 0 amide bonds. The predicted molar refractivity (Wildman–Crippen MR) is 65.8 cm³/mol. The number of benzene rings is 1. The minimum atomic E-state index is -0.236. The Bertz CT molecular complexity index is 583. The molecule has 6 nitrogen and oxygen atoms in total. The summed E-state index contributed by atoms with van der Waals surface area (Å²) in [6, 6.07) is 3.89. The number of phenolic OH excluding ortho intramolecular Hbond substituents is 2. The first-order valence-corrected chi connectivity index (χ1v) is 6.08. The summed E-state index contributed by atoms with van der Waals surface area (Å²) in [6.07, 6.45) is 1.41. The average molecular weight is 265 g/mol. The zero-order chi connectivity index (χ0) is 13.1. The molecule has 0 aliphatic heterocycles. The van der Waals surface area contributed by atoms with Crippen LogP contribution in [0.25, 0.3) is 0 Å². The van der Waals surface area contributed by atoms with E-state index in [0.717, 1.165) is 6.07 Å². The lowest BCUT2D eigenvalue weighted by Crippen LogP contribution is -2.04. The summed E-state index contributed by atoms with van der Waals surface area (Å²) >= 11 is 1.24. The maximum Gasteiger partial charge on any atom is 0.186 e. The molecule has 0 spiro atoms. The van der Waals surface area contributed by atoms with Crippen molar-refractivity contribution in [3.63, 3.8) is 0 Å². The van der Waals surface area contributed by atoms with Crippen molar-refractivity contribution in [2.75, 3.05) is 5.75 Å². The lowest BCUT2D eigenvalue weighted by Gasteiger charge is -2.04. The van der Waals surface area contributed by atoms with Crippen LogP contribution in [0.1, 0.15) is 10.4 Å². The summed E-state index contributed by atoms with van der Waals surface area (Å²) < 4.78 is 1.56. The van der Waals surface area contributed by atoms with E-state index < -0.39 is 0 Å². The third-order valence-electron chi connectivity index (χ3n) is 2.28. The lowest BCUT2D eigenvalue weighted by molar-refractivity contribution is 0.102. The van der Waals surface area contributed by atoms with Crippen molar-refractivity contribution in [2.24, 2.45) is 7.05 Å². The molecule has 0 aliphatic rings. The van der Waals surface area contributed by atoms with E-state index in [2.05, 4.69) is 10.1 Å². The van der Waals surface area contributed by atoms with Gasteiger partial charge in [0.2, 0.25) is 0 Å². The van der Waals surface area contributed by atoms with Gasteiger partial charge in [-0.3, -0.25) is 4.79 Å². The summed E-state index contributed by atoms with van der Waals surface area (Å²) in [4.78, 5) is 15.8. The number of carbonyl (C=O) groups is 1. The first-order valence-electron chi connectivity index (χ1n) is 5.10. The van der Waals surface area contributed by atoms with Gasteiger partial charge in [0, 0.05) is 13.1 Å². The van der Waals surface area contributed by atoms with Gasteiger partial charge in [-0.05, 0) is 12.1 Å². The number of hydrogen-bond donors (Lipinski definition) is 2. The van der Waals surface area contributed by atoms with Crippen LogP contribution >= 0.6 is 11.8 Å². The van der Waals surface area contributed by atoms with E-state index in [9.17, 15) is 9.90 Å². The summed E-state index contributed by atoms with van der Waals surface area (Å²) in [5.74, 6) is -0.394. The molecule has 18 heavy (non-hydrogen) atoms. The predicted octanol–water partition coefficient (Wildman–Crippen LogP) is 1.20. The third-order valence-corrected chi connectivity index (χ3v) is 3.32. The Morgan fingerprint density at radius 3 is 2.83 bits per heavy atom. The van der Waals surface area contributed by atoms with E-state index >= 15 is 0 Å². The monoisotopic (exact) mass is 265 g/mol. The highest BCUT2D eigenvalue weighted by Gasteiger charge is 2.13. The highest BCUT2D eigenvalue weighted by Crippen LogP contribution is 2.25. The van der Waals surface area contributed by atoms with Gasteiger partial charge in [-0.1, -0.05) is 11.8 Å². The van der Waals surface area contributed by atoms with Gasteiger partial charge in [0.05, 0.1) is 11.3 Å². The molecule has 0 fully saturated rings. The fourth-order valence-electron chi connectivity index (χ4n) is 1.38. The maximum atomic E-state index is 11.9. The number of phenols is 2. The van der Waals surface area contributed by atoms with Crippen LogP contribution in [0.2, 0.25) is 0 Å². The summed E-state index contributed by atoms with van der Waals surface area (Å²) in [6.45, 7) is 0. The third kappa shape index (κ3) is 2.62. The number of hydrogen-bond acceptors (Lipinski definition) is 6. The molecular weight excluding hydrogens is 254 g/mol. The maximum absolute atomic E-state index is 11.9. The van der Waals surface area contributed by atoms with Crippen molar-refractivity contribution in [2.45, 2.75) is 5.16 Å². The molecule has 2 rings (SSSR count). The lowest BCUT2D eigenvalue weighted by atomic mass is 10.1. The first kappa shape index (κ1) is 12.4. The Morgan fingerprint density at radius 1 is 1.44 bits per heavy atom. The zero-order valence-electron chi connectivity index (χ0n) is 9.57. The molecule has 0 saturated heterocycles. The molecule has 2 N–H and O–H groups in total. The second-order valence-corrected chi connectivity index (χ2v) is 4.52. The number of Topliss-reactive ketones (excluding diaryl/α,β-unsaturated/α-hetero) is 1. The van der Waals surface area contributed by atoms with Crippen molar-refractivity contribution >= 4 is 17.5 Å². The Balaban J connectivity index is 2.06. The zero-order valence-corrected chi connectivity index (χ0v) is 10.4. The average Bonchev–Trinajstić information content (AvgIpc) is 2.72. The highest BCUT2D eigenvalue weighted by molar-refractivity contribution is 7.99. The van der Waals surface area contributed by atoms with Crippen molar-refractivity contribution in [3.05, 3.63) is 30.1 Å². The number of aromatic nitrogens is 3. The van der Waals surface area contributed by atoms with Gasteiger partial charge >= 0.3 is 0 Å². The van der Waals surface area contributed by atoms with E-state index in [1.807, 2.05) is 0 Å². The fraction of sp³-hybridized carbons (Fsp3) is 0.182. The van der Waals surface area contributed by atoms with Crippen molar-refractivity contribution in [1.29, 1.82) is 0 Å². The quantitative estimate of drug-likeness (QED) is 0.638. The van der Waals surface area contributed by atoms with Crippen LogP contribution in [0.4, 0.5) is 0 Å². The van der Waals surface area contributed by atoms with Crippen LogP contribution in [0.3, 0.4) is 0 Å². The van der Waals surface area contributed by atoms with E-state index in [1.165, 1.54) is 30.2 Å². The van der Waals surface area contributed by atoms with Crippen LogP contribution in [0, 0.1) is 0 Å². The van der Waals surface area contributed by atoms with Crippen molar-refractivity contribution in [3.8, 4) is 11.5 Å². The van der Waals surface area contributed by atoms with Crippen LogP contribution in [-0.4, -0.2) is 36.5 Å². The molecule has 1 heterocycles. The van der Waals surface area contributed by atoms with Crippen LogP contribution in [-0.2, 0) is 7.05 Å². The number of carbonyl (C=O) groups excluding carboxylic acids is 1. The smallest absolute Gasteiger partial charge is 0.186 e. The van der Waals surface area contributed by atoms with E-state index in [4.69, 9.17) is 5.11 Å². The van der Waals surface area contributed by atoms with Crippen LogP contribution in [0.5, 0.6) is 11.5 Å². The molecule has 94 valence electrons. The summed E-state index contributed by atoms with van der Waals surface area (Å²) in [5, 5.41) is 23.2. The van der Waals surface area contributed by atoms with E-state index in [0.29, 0.717) is 5.16 Å². The second-order valence-electron chi connectivity index (χ2n) is 3.58. The molecule has 0 atom stereocenters. The minimum absolute atomic E-state index is 0.0787. The van der Waals surface area contributed by atoms with E-state index in [-0.39, 0.29) is 28.6 Å². The molecule has 7 heteroatoms. The second kappa shape index (κ2) is 5.09. The molecule has 0 unspecified atom stereocenters. The Morgan fingerprint density at radius 2 is 2.22 bits per heavy atom. The number of aromatic hydroxyl groups is 2. The first-order chi connectivity index (χ1) is 8.58. The van der Waals surface area contributed by atoms with Crippen LogP contribution in [0.15, 0.2) is 29.7 Å². The molecule has 0 bridgehead atoms. The number of nitrogens with zero attached hydrogens (tertiary/aromatic N) is 3. The SMILES string of the molecule is Cn1ncnc1SCC(=O)c1ccc(O)cc1O. The molecular formula is C11H11N3O3S. The molecule has 1 aromatic heterocycles. The van der Waals surface area contributed by atoms with Gasteiger partial charge in [0.25, 0.3) is 0 Å². The van der Waals surface area contributed by atoms with Gasteiger partial charge in [-0.25, -0.2) is 9.67 Å². The number of ketones is 1. The normalized spacial score (nSPS) is 10.5. The minimum Gasteiger partial charge on any atom is -0.508 e. The Kier molecular flexibility index (Phi) is 3.52. The molecule has 2 aromatic rings. The van der Waals surface area contributed by atoms with Crippen LogP contribution < -0.4 is 0 Å². The largest absolute Gasteiger partial charge is 0.508 e.